The molecule has 0 heterocycles. The highest BCUT2D eigenvalue weighted by atomic mass is 16.5. The van der Waals surface area contributed by atoms with Crippen molar-refractivity contribution in [2.24, 2.45) is 17.3 Å². The molecule has 1 saturated carbocycles. The Morgan fingerprint density at radius 2 is 1.91 bits per heavy atom. The van der Waals surface area contributed by atoms with Gasteiger partial charge in [-0.3, -0.25) is 9.59 Å². The van der Waals surface area contributed by atoms with Gasteiger partial charge in [-0.15, -0.1) is 0 Å². The Morgan fingerprint density at radius 3 is 2.41 bits per heavy atom. The minimum atomic E-state index is -0.927. The average molecular weight is 307 g/mol. The van der Waals surface area contributed by atoms with Gasteiger partial charge in [-0.2, -0.15) is 0 Å². The van der Waals surface area contributed by atoms with E-state index >= 15 is 0 Å². The number of carboxylic acids is 1. The number of rotatable bonds is 6. The number of ether oxygens (including phenoxy) is 2. The minimum absolute atomic E-state index is 0.248. The molecule has 0 aromatic heterocycles. The van der Waals surface area contributed by atoms with Gasteiger partial charge in [0.1, 0.15) is 0 Å². The lowest BCUT2D eigenvalue weighted by atomic mass is 10.1. The van der Waals surface area contributed by atoms with Gasteiger partial charge >= 0.3 is 5.97 Å². The van der Waals surface area contributed by atoms with E-state index in [0.717, 1.165) is 5.56 Å². The van der Waals surface area contributed by atoms with Crippen molar-refractivity contribution in [3.63, 3.8) is 0 Å². The summed E-state index contributed by atoms with van der Waals surface area (Å²) in [5.74, 6) is -1.15. The molecule has 0 aliphatic heterocycles. The van der Waals surface area contributed by atoms with E-state index in [1.807, 2.05) is 12.1 Å². The van der Waals surface area contributed by atoms with Crippen LogP contribution in [0.2, 0.25) is 0 Å². The number of hydrogen-bond donors (Lipinski definition) is 2. The number of para-hydroxylation sites is 1. The third-order valence-corrected chi connectivity index (χ3v) is 4.31. The van der Waals surface area contributed by atoms with Crippen LogP contribution in [0.25, 0.3) is 0 Å². The number of carbonyl (C=O) groups is 2. The zero-order valence-electron chi connectivity index (χ0n) is 13.2. The van der Waals surface area contributed by atoms with Crippen LogP contribution in [0.15, 0.2) is 18.2 Å². The lowest BCUT2D eigenvalue weighted by molar-refractivity contribution is -0.140. The second-order valence-corrected chi connectivity index (χ2v) is 5.99. The summed E-state index contributed by atoms with van der Waals surface area (Å²) in [6, 6.07) is 5.41. The normalized spacial score (nSPS) is 21.8. The molecule has 0 bridgehead atoms. The Morgan fingerprint density at radius 1 is 1.23 bits per heavy atom. The molecule has 0 unspecified atom stereocenters. The topological polar surface area (TPSA) is 84.9 Å². The molecule has 2 rings (SSSR count). The fourth-order valence-corrected chi connectivity index (χ4v) is 2.97. The molecule has 1 aromatic carbocycles. The monoisotopic (exact) mass is 307 g/mol. The quantitative estimate of drug-likeness (QED) is 0.835. The van der Waals surface area contributed by atoms with Crippen LogP contribution < -0.4 is 14.8 Å². The number of nitrogens with one attached hydrogen (secondary N) is 1. The molecule has 1 aliphatic rings. The van der Waals surface area contributed by atoms with E-state index in [4.69, 9.17) is 14.6 Å². The first-order chi connectivity index (χ1) is 10.3. The Hall–Kier alpha value is -2.24. The van der Waals surface area contributed by atoms with Crippen LogP contribution in [0.4, 0.5) is 0 Å². The second kappa shape index (κ2) is 5.87. The van der Waals surface area contributed by atoms with Crippen molar-refractivity contribution >= 4 is 11.9 Å². The van der Waals surface area contributed by atoms with Crippen LogP contribution in [-0.2, 0) is 16.1 Å². The lowest BCUT2D eigenvalue weighted by Crippen LogP contribution is -2.27. The van der Waals surface area contributed by atoms with Gasteiger partial charge in [0.25, 0.3) is 0 Å². The maximum Gasteiger partial charge on any atom is 0.307 e. The van der Waals surface area contributed by atoms with Crippen LogP contribution in [0.1, 0.15) is 19.4 Å². The van der Waals surface area contributed by atoms with E-state index in [-0.39, 0.29) is 12.5 Å². The number of carboxylic acid groups (broad SMARTS) is 1. The standard InChI is InChI=1S/C16H21NO5/c1-16(2)11(12(16)15(19)20)14(18)17-8-9-6-5-7-10(21-3)13(9)22-4/h5-7,11-12H,8H2,1-4H3,(H,17,18)(H,19,20)/t11-,12+/m0/s1. The van der Waals surface area contributed by atoms with Crippen LogP contribution in [0, 0.1) is 17.3 Å². The van der Waals surface area contributed by atoms with Crippen LogP contribution in [0.5, 0.6) is 11.5 Å². The van der Waals surface area contributed by atoms with Crippen molar-refractivity contribution in [1.82, 2.24) is 5.32 Å². The third kappa shape index (κ3) is 2.73. The summed E-state index contributed by atoms with van der Waals surface area (Å²) in [6.45, 7) is 3.85. The molecular weight excluding hydrogens is 286 g/mol. The van der Waals surface area contributed by atoms with Crippen molar-refractivity contribution in [3.05, 3.63) is 23.8 Å². The molecule has 0 spiro atoms. The zero-order chi connectivity index (χ0) is 16.5. The van der Waals surface area contributed by atoms with E-state index in [1.54, 1.807) is 27.0 Å². The van der Waals surface area contributed by atoms with E-state index in [9.17, 15) is 9.59 Å². The molecule has 6 heteroatoms. The van der Waals surface area contributed by atoms with Crippen LogP contribution in [-0.4, -0.2) is 31.2 Å². The molecule has 1 aliphatic carbocycles. The van der Waals surface area contributed by atoms with Crippen molar-refractivity contribution in [3.8, 4) is 11.5 Å². The van der Waals surface area contributed by atoms with Crippen molar-refractivity contribution in [2.45, 2.75) is 20.4 Å². The SMILES string of the molecule is COc1cccc(CNC(=O)[C@@H]2[C@H](C(=O)O)C2(C)C)c1OC. The number of aliphatic carboxylic acids is 1. The number of benzene rings is 1. The maximum atomic E-state index is 12.2. The summed E-state index contributed by atoms with van der Waals surface area (Å²) in [5, 5.41) is 11.9. The summed E-state index contributed by atoms with van der Waals surface area (Å²) in [6.07, 6.45) is 0. The largest absolute Gasteiger partial charge is 0.493 e. The molecule has 120 valence electrons. The molecule has 22 heavy (non-hydrogen) atoms. The fraction of sp³-hybridized carbons (Fsp3) is 0.500. The molecule has 2 N–H and O–H groups in total. The molecule has 1 fully saturated rings. The Balaban J connectivity index is 2.05. The van der Waals surface area contributed by atoms with Crippen LogP contribution >= 0.6 is 0 Å². The number of methoxy groups -OCH3 is 2. The number of carbonyl (C=O) groups excluding carboxylic acids is 1. The smallest absolute Gasteiger partial charge is 0.307 e. The van der Waals surface area contributed by atoms with Gasteiger partial charge < -0.3 is 19.9 Å². The maximum absolute atomic E-state index is 12.2. The van der Waals surface area contributed by atoms with E-state index in [2.05, 4.69) is 5.32 Å². The Kier molecular flexibility index (Phi) is 4.30. The number of amides is 1. The first kappa shape index (κ1) is 16.1. The molecular formula is C16H21NO5. The van der Waals surface area contributed by atoms with Crippen LogP contribution in [0.3, 0.4) is 0 Å². The van der Waals surface area contributed by atoms with Gasteiger partial charge in [0, 0.05) is 12.1 Å². The van der Waals surface area contributed by atoms with E-state index < -0.39 is 23.2 Å². The van der Waals surface area contributed by atoms with Gasteiger partial charge in [-0.05, 0) is 11.5 Å². The summed E-state index contributed by atoms with van der Waals surface area (Å²) >= 11 is 0. The average Bonchev–Trinajstić information content (AvgIpc) is 3.07. The Labute approximate surface area is 129 Å². The summed E-state index contributed by atoms with van der Waals surface area (Å²) in [5.41, 5.74) is 0.273. The third-order valence-electron chi connectivity index (χ3n) is 4.31. The van der Waals surface area contributed by atoms with E-state index in [1.165, 1.54) is 7.11 Å². The highest BCUT2D eigenvalue weighted by Crippen LogP contribution is 2.58. The fourth-order valence-electron chi connectivity index (χ4n) is 2.97. The highest BCUT2D eigenvalue weighted by Gasteiger charge is 2.65. The van der Waals surface area contributed by atoms with Gasteiger partial charge in [0.2, 0.25) is 5.91 Å². The molecule has 0 radical (unpaired) electrons. The van der Waals surface area contributed by atoms with E-state index in [0.29, 0.717) is 11.5 Å². The Bertz CT molecular complexity index is 596. The van der Waals surface area contributed by atoms with Gasteiger partial charge in [0.15, 0.2) is 11.5 Å². The lowest BCUT2D eigenvalue weighted by Gasteiger charge is -2.13. The summed E-state index contributed by atoms with van der Waals surface area (Å²) in [7, 11) is 3.08. The molecule has 0 saturated heterocycles. The predicted molar refractivity (Wildman–Crippen MR) is 79.8 cm³/mol. The predicted octanol–water partition coefficient (Wildman–Crippen LogP) is 1.68. The van der Waals surface area contributed by atoms with Crippen molar-refractivity contribution < 1.29 is 24.2 Å². The zero-order valence-corrected chi connectivity index (χ0v) is 13.2. The highest BCUT2D eigenvalue weighted by molar-refractivity contribution is 5.91. The minimum Gasteiger partial charge on any atom is -0.493 e. The molecule has 6 nitrogen and oxygen atoms in total. The number of hydrogen-bond acceptors (Lipinski definition) is 4. The summed E-state index contributed by atoms with van der Waals surface area (Å²) < 4.78 is 10.5. The molecule has 1 amide bonds. The van der Waals surface area contributed by atoms with Crippen molar-refractivity contribution in [2.75, 3.05) is 14.2 Å². The van der Waals surface area contributed by atoms with Crippen molar-refractivity contribution in [1.29, 1.82) is 0 Å². The first-order valence-corrected chi connectivity index (χ1v) is 7.05. The molecule has 1 aromatic rings. The summed E-state index contributed by atoms with van der Waals surface area (Å²) in [4.78, 5) is 23.4. The van der Waals surface area contributed by atoms with Gasteiger partial charge in [-0.1, -0.05) is 26.0 Å². The second-order valence-electron chi connectivity index (χ2n) is 5.99. The molecule has 2 atom stereocenters. The first-order valence-electron chi connectivity index (χ1n) is 7.05. The van der Waals surface area contributed by atoms with Gasteiger partial charge in [0.05, 0.1) is 26.1 Å². The van der Waals surface area contributed by atoms with Gasteiger partial charge in [-0.25, -0.2) is 0 Å².